The molecule has 3 aromatic carbocycles. The fourth-order valence-electron chi connectivity index (χ4n) is 2.93. The molecule has 0 spiro atoms. The van der Waals surface area contributed by atoms with Gasteiger partial charge in [-0.2, -0.15) is 4.57 Å². The molecule has 4 aromatic rings. The highest BCUT2D eigenvalue weighted by molar-refractivity contribution is 7.79. The first-order valence-electron chi connectivity index (χ1n) is 9.94. The molecule has 0 saturated carbocycles. The molecule has 32 heavy (non-hydrogen) atoms. The van der Waals surface area contributed by atoms with Crippen LogP contribution in [0.15, 0.2) is 84.2 Å². The lowest BCUT2D eigenvalue weighted by atomic mass is 10.0. The Hall–Kier alpha value is -2.44. The molecule has 0 aliphatic heterocycles. The third kappa shape index (κ3) is 5.67. The predicted octanol–water partition coefficient (Wildman–Crippen LogP) is 8.97. The van der Waals surface area contributed by atoms with Gasteiger partial charge in [0.25, 0.3) is 0 Å². The average molecular weight is 501 g/mol. The zero-order valence-electron chi connectivity index (χ0n) is 17.5. The second-order valence-electron chi connectivity index (χ2n) is 7.28. The molecule has 0 bridgehead atoms. The first-order valence-corrected chi connectivity index (χ1v) is 14.0. The van der Waals surface area contributed by atoms with Crippen molar-refractivity contribution in [3.63, 3.8) is 0 Å². The molecule has 1 heterocycles. The van der Waals surface area contributed by atoms with Gasteiger partial charge in [-0.05, 0) is 53.4 Å². The summed E-state index contributed by atoms with van der Waals surface area (Å²) in [5, 5.41) is 2.02. The maximum absolute atomic E-state index is 13.6. The van der Waals surface area contributed by atoms with Gasteiger partial charge in [0.15, 0.2) is 0 Å². The number of hydrogen-bond acceptors (Lipinski definition) is 7. The third-order valence-corrected chi connectivity index (χ3v) is 8.58. The lowest BCUT2D eigenvalue weighted by Crippen LogP contribution is -2.07. The van der Waals surface area contributed by atoms with Gasteiger partial charge in [0.05, 0.1) is 0 Å². The summed E-state index contributed by atoms with van der Waals surface area (Å²) in [5.41, 5.74) is 3.14. The van der Waals surface area contributed by atoms with E-state index in [-0.39, 0.29) is 0 Å². The highest BCUT2D eigenvalue weighted by Crippen LogP contribution is 2.50. The van der Waals surface area contributed by atoms with Gasteiger partial charge in [-0.15, -0.1) is 0 Å². The van der Waals surface area contributed by atoms with Crippen molar-refractivity contribution in [2.75, 3.05) is 0 Å². The van der Waals surface area contributed by atoms with Crippen LogP contribution in [0.5, 0.6) is 17.2 Å². The van der Waals surface area contributed by atoms with Crippen molar-refractivity contribution >= 4 is 40.7 Å². The number of para-hydroxylation sites is 1. The Labute approximate surface area is 200 Å². The quantitative estimate of drug-likeness (QED) is 0.137. The van der Waals surface area contributed by atoms with Crippen molar-refractivity contribution in [1.29, 1.82) is 0 Å². The minimum Gasteiger partial charge on any atom is -0.386 e. The smallest absolute Gasteiger partial charge is 0.386 e. The van der Waals surface area contributed by atoms with E-state index in [1.165, 1.54) is 0 Å². The van der Waals surface area contributed by atoms with Crippen LogP contribution in [0.3, 0.4) is 0 Å². The molecule has 0 aliphatic rings. The van der Waals surface area contributed by atoms with Gasteiger partial charge in [-0.3, -0.25) is 0 Å². The van der Waals surface area contributed by atoms with Gasteiger partial charge >= 0.3 is 7.82 Å². The molecule has 0 radical (unpaired) electrons. The molecule has 0 amide bonds. The molecule has 4 nitrogen and oxygen atoms in total. The summed E-state index contributed by atoms with van der Waals surface area (Å²) in [6.45, 7) is 4.22. The Bertz CT molecular complexity index is 1260. The Morgan fingerprint density at radius 2 is 1.31 bits per heavy atom. The second-order valence-corrected chi connectivity index (χ2v) is 11.5. The molecular weight excluding hydrogens is 479 g/mol. The van der Waals surface area contributed by atoms with Gasteiger partial charge in [0.1, 0.15) is 21.1 Å². The summed E-state index contributed by atoms with van der Waals surface area (Å²) < 4.78 is 31.7. The molecule has 1 unspecified atom stereocenters. The van der Waals surface area contributed by atoms with Gasteiger partial charge in [0, 0.05) is 10.9 Å². The minimum atomic E-state index is -4.03. The average Bonchev–Trinajstić information content (AvgIpc) is 3.21. The monoisotopic (exact) mass is 500 g/mol. The van der Waals surface area contributed by atoms with Crippen LogP contribution >= 0.6 is 40.7 Å². The number of benzene rings is 3. The van der Waals surface area contributed by atoms with E-state index in [1.54, 1.807) is 69.2 Å². The normalized spacial score (nSPS) is 12.8. The van der Waals surface area contributed by atoms with Crippen LogP contribution in [0.2, 0.25) is 0 Å². The minimum absolute atomic E-state index is 0.372. The van der Waals surface area contributed by atoms with Crippen LogP contribution in [0, 0.1) is 3.82 Å². The summed E-state index contributed by atoms with van der Waals surface area (Å²) in [5.74, 6) is 1.55. The van der Waals surface area contributed by atoms with E-state index in [0.717, 1.165) is 20.5 Å². The van der Waals surface area contributed by atoms with Crippen molar-refractivity contribution in [2.45, 2.75) is 19.8 Å². The van der Waals surface area contributed by atoms with Crippen molar-refractivity contribution < 1.29 is 18.1 Å². The number of hydrogen-bond donors (Lipinski definition) is 0. The summed E-state index contributed by atoms with van der Waals surface area (Å²) in [4.78, 5) is 0. The maximum Gasteiger partial charge on any atom is 0.647 e. The fraction of sp³-hybridized carbons (Fsp3) is 0.125. The number of rotatable bonds is 8. The molecular formula is C24H21O4PS3. The van der Waals surface area contributed by atoms with Gasteiger partial charge in [-0.25, -0.2) is 0 Å². The molecule has 4 rings (SSSR count). The van der Waals surface area contributed by atoms with E-state index >= 15 is 0 Å². The van der Waals surface area contributed by atoms with E-state index < -0.39 is 7.82 Å². The van der Waals surface area contributed by atoms with Gasteiger partial charge < -0.3 is 13.6 Å². The van der Waals surface area contributed by atoms with Crippen LogP contribution in [0.1, 0.15) is 25.3 Å². The van der Waals surface area contributed by atoms with Crippen molar-refractivity contribution in [1.82, 2.24) is 0 Å². The Morgan fingerprint density at radius 3 is 1.81 bits per heavy atom. The number of phosphoric acid groups is 1. The lowest BCUT2D eigenvalue weighted by Gasteiger charge is -2.20. The molecule has 0 fully saturated rings. The summed E-state index contributed by atoms with van der Waals surface area (Å²) >= 11 is 5.37. The standard InChI is InChI=1S/C24H21O4PS3/c1-17(2)18-8-12-21(13-9-18)27-29(25,26-20-6-4-3-5-7-20)28-22-14-10-19(11-15-22)23-16-31-32-24(23)30/h3-17H,1-2H3. The van der Waals surface area contributed by atoms with Crippen molar-refractivity contribution in [2.24, 2.45) is 0 Å². The Balaban J connectivity index is 1.59. The lowest BCUT2D eigenvalue weighted by molar-refractivity contribution is 0.298. The molecule has 8 heteroatoms. The van der Waals surface area contributed by atoms with Crippen LogP contribution in [0.4, 0.5) is 0 Å². The largest absolute Gasteiger partial charge is 0.647 e. The van der Waals surface area contributed by atoms with Crippen molar-refractivity contribution in [3.8, 4) is 28.4 Å². The van der Waals surface area contributed by atoms with Crippen molar-refractivity contribution in [3.05, 3.63) is 93.6 Å². The summed E-state index contributed by atoms with van der Waals surface area (Å²) in [6, 6.07) is 23.5. The highest BCUT2D eigenvalue weighted by Gasteiger charge is 2.33. The van der Waals surface area contributed by atoms with E-state index in [0.29, 0.717) is 23.2 Å². The summed E-state index contributed by atoms with van der Waals surface area (Å²) in [6.07, 6.45) is 0. The zero-order chi connectivity index (χ0) is 22.6. The van der Waals surface area contributed by atoms with Gasteiger partial charge in [0.2, 0.25) is 0 Å². The number of phosphoric ester groups is 1. The van der Waals surface area contributed by atoms with E-state index in [4.69, 9.17) is 25.8 Å². The Morgan fingerprint density at radius 1 is 0.781 bits per heavy atom. The SMILES string of the molecule is CC(C)c1ccc(OP(=O)(Oc2ccccc2)Oc2ccc(-c3cssc3=S)cc2)cc1. The topological polar surface area (TPSA) is 44.8 Å². The molecule has 0 saturated heterocycles. The molecule has 0 N–H and O–H groups in total. The zero-order valence-corrected chi connectivity index (χ0v) is 20.8. The van der Waals surface area contributed by atoms with Crippen LogP contribution in [-0.4, -0.2) is 0 Å². The highest BCUT2D eigenvalue weighted by atomic mass is 32.9. The van der Waals surface area contributed by atoms with Crippen LogP contribution in [-0.2, 0) is 4.57 Å². The fourth-order valence-corrected chi connectivity index (χ4v) is 6.58. The Kier molecular flexibility index (Phi) is 7.11. The molecule has 0 aliphatic carbocycles. The maximum atomic E-state index is 13.6. The predicted molar refractivity (Wildman–Crippen MR) is 135 cm³/mol. The van der Waals surface area contributed by atoms with E-state index in [9.17, 15) is 4.57 Å². The molecule has 1 atom stereocenters. The van der Waals surface area contributed by atoms with E-state index in [2.05, 4.69) is 13.8 Å². The summed E-state index contributed by atoms with van der Waals surface area (Å²) in [7, 11) is -0.864. The van der Waals surface area contributed by atoms with E-state index in [1.807, 2.05) is 35.7 Å². The van der Waals surface area contributed by atoms with Crippen LogP contribution in [0.25, 0.3) is 11.1 Å². The molecule has 1 aromatic heterocycles. The second kappa shape index (κ2) is 10.0. The first kappa shape index (κ1) is 22.7. The first-order chi connectivity index (χ1) is 15.4. The molecule has 164 valence electrons. The van der Waals surface area contributed by atoms with Crippen LogP contribution < -0.4 is 13.6 Å². The van der Waals surface area contributed by atoms with Gasteiger partial charge in [-0.1, -0.05) is 89.2 Å². The third-order valence-electron chi connectivity index (χ3n) is 4.62.